The van der Waals surface area contributed by atoms with Gasteiger partial charge in [-0.2, -0.15) is 22.0 Å². The van der Waals surface area contributed by atoms with Gasteiger partial charge < -0.3 is 4.74 Å². The molecule has 0 bridgehead atoms. The summed E-state index contributed by atoms with van der Waals surface area (Å²) in [4.78, 5) is 0. The van der Waals surface area contributed by atoms with E-state index in [2.05, 4.69) is 11.7 Å². The Hall–Kier alpha value is -1.40. The standard InChI is InChI=1S/C24H32F6O/c1-2-3-16-4-6-17(7-5-16)18-8-10-19(11-9-18)20-12-14-21(15-13-20)31-24(29,30)22(25)23(26,27)28/h12-19,22H,2-11H2,1H3. The Balaban J connectivity index is 1.49. The van der Waals surface area contributed by atoms with Gasteiger partial charge in [-0.25, -0.2) is 4.39 Å². The van der Waals surface area contributed by atoms with Crippen LogP contribution in [0, 0.1) is 17.8 Å². The number of rotatable bonds is 7. The molecule has 3 rings (SSSR count). The molecule has 31 heavy (non-hydrogen) atoms. The van der Waals surface area contributed by atoms with Crippen LogP contribution in [0.15, 0.2) is 24.3 Å². The average molecular weight is 451 g/mol. The molecule has 2 saturated carbocycles. The molecule has 7 heteroatoms. The first-order chi connectivity index (χ1) is 14.6. The molecular formula is C24H32F6O. The lowest BCUT2D eigenvalue weighted by molar-refractivity contribution is -0.304. The fourth-order valence-corrected chi connectivity index (χ4v) is 5.49. The van der Waals surface area contributed by atoms with Crippen molar-refractivity contribution < 1.29 is 31.1 Å². The van der Waals surface area contributed by atoms with Gasteiger partial charge in [-0.1, -0.05) is 44.7 Å². The smallest absolute Gasteiger partial charge is 0.430 e. The van der Waals surface area contributed by atoms with Crippen LogP contribution >= 0.6 is 0 Å². The number of benzene rings is 1. The Morgan fingerprint density at radius 2 is 1.35 bits per heavy atom. The molecule has 0 saturated heterocycles. The van der Waals surface area contributed by atoms with Gasteiger partial charge in [-0.05, 0) is 79.9 Å². The second kappa shape index (κ2) is 10.0. The van der Waals surface area contributed by atoms with Gasteiger partial charge in [0, 0.05) is 0 Å². The van der Waals surface area contributed by atoms with Crippen LogP contribution in [0.3, 0.4) is 0 Å². The van der Waals surface area contributed by atoms with E-state index in [1.807, 2.05) is 0 Å². The Morgan fingerprint density at radius 1 is 0.839 bits per heavy atom. The Kier molecular flexibility index (Phi) is 7.85. The first-order valence-electron chi connectivity index (χ1n) is 11.5. The summed E-state index contributed by atoms with van der Waals surface area (Å²) in [6, 6.07) is 5.61. The molecule has 2 aliphatic carbocycles. The van der Waals surface area contributed by atoms with E-state index in [0.29, 0.717) is 5.92 Å². The molecule has 1 aromatic carbocycles. The molecule has 1 nitrogen and oxygen atoms in total. The highest BCUT2D eigenvalue weighted by Crippen LogP contribution is 2.45. The van der Waals surface area contributed by atoms with Crippen LogP contribution in [0.2, 0.25) is 0 Å². The zero-order chi connectivity index (χ0) is 22.6. The summed E-state index contributed by atoms with van der Waals surface area (Å²) in [7, 11) is 0. The highest BCUT2D eigenvalue weighted by atomic mass is 19.4. The van der Waals surface area contributed by atoms with Crippen LogP contribution in [0.1, 0.15) is 82.6 Å². The van der Waals surface area contributed by atoms with Gasteiger partial charge in [-0.15, -0.1) is 0 Å². The fourth-order valence-electron chi connectivity index (χ4n) is 5.49. The maximum absolute atomic E-state index is 13.4. The lowest BCUT2D eigenvalue weighted by Gasteiger charge is -2.38. The number of hydrogen-bond acceptors (Lipinski definition) is 1. The van der Waals surface area contributed by atoms with Crippen molar-refractivity contribution in [3.8, 4) is 5.75 Å². The highest BCUT2D eigenvalue weighted by molar-refractivity contribution is 5.30. The number of halogens is 6. The normalized spacial score (nSPS) is 28.9. The maximum Gasteiger partial charge on any atom is 0.439 e. The summed E-state index contributed by atoms with van der Waals surface area (Å²) in [6.07, 6.45) is -2.71. The van der Waals surface area contributed by atoms with Crippen LogP contribution in [0.5, 0.6) is 5.75 Å². The molecule has 1 unspecified atom stereocenters. The zero-order valence-corrected chi connectivity index (χ0v) is 17.9. The molecular weight excluding hydrogens is 418 g/mol. The highest BCUT2D eigenvalue weighted by Gasteiger charge is 2.59. The minimum Gasteiger partial charge on any atom is -0.430 e. The summed E-state index contributed by atoms with van der Waals surface area (Å²) >= 11 is 0. The molecule has 0 aliphatic heterocycles. The largest absolute Gasteiger partial charge is 0.439 e. The van der Waals surface area contributed by atoms with Crippen molar-refractivity contribution in [2.24, 2.45) is 17.8 Å². The van der Waals surface area contributed by atoms with E-state index >= 15 is 0 Å². The van der Waals surface area contributed by atoms with Crippen molar-refractivity contribution in [3.63, 3.8) is 0 Å². The minimum absolute atomic E-state index is 0.311. The molecule has 0 amide bonds. The lowest BCUT2D eigenvalue weighted by atomic mass is 9.68. The fraction of sp³-hybridized carbons (Fsp3) is 0.750. The molecule has 176 valence electrons. The van der Waals surface area contributed by atoms with Crippen LogP contribution in [0.4, 0.5) is 26.3 Å². The van der Waals surface area contributed by atoms with Crippen molar-refractivity contribution in [2.75, 3.05) is 0 Å². The average Bonchev–Trinajstić information content (AvgIpc) is 2.74. The van der Waals surface area contributed by atoms with E-state index in [1.54, 1.807) is 12.1 Å². The number of hydrogen-bond donors (Lipinski definition) is 0. The second-order valence-electron chi connectivity index (χ2n) is 9.32. The van der Waals surface area contributed by atoms with Crippen LogP contribution in [0.25, 0.3) is 0 Å². The molecule has 2 fully saturated rings. The molecule has 1 atom stereocenters. The quantitative estimate of drug-likeness (QED) is 0.379. The number of ether oxygens (including phenoxy) is 1. The SMILES string of the molecule is CCCC1CCC(C2CCC(c3ccc(OC(F)(F)C(F)C(F)(F)F)cc3)CC2)CC1. The van der Waals surface area contributed by atoms with Crippen molar-refractivity contribution >= 4 is 0 Å². The van der Waals surface area contributed by atoms with Crippen molar-refractivity contribution in [1.29, 1.82) is 0 Å². The van der Waals surface area contributed by atoms with E-state index in [-0.39, 0.29) is 0 Å². The number of alkyl halides is 6. The third kappa shape index (κ3) is 6.32. The van der Waals surface area contributed by atoms with Crippen LogP contribution in [-0.2, 0) is 0 Å². The Morgan fingerprint density at radius 3 is 1.84 bits per heavy atom. The van der Waals surface area contributed by atoms with Gasteiger partial charge in [0.15, 0.2) is 0 Å². The molecule has 1 aromatic rings. The predicted octanol–water partition coefficient (Wildman–Crippen LogP) is 8.44. The third-order valence-electron chi connectivity index (χ3n) is 7.21. The summed E-state index contributed by atoms with van der Waals surface area (Å²) in [5, 5.41) is 0. The van der Waals surface area contributed by atoms with Gasteiger partial charge >= 0.3 is 12.3 Å². The zero-order valence-electron chi connectivity index (χ0n) is 17.9. The predicted molar refractivity (Wildman–Crippen MR) is 108 cm³/mol. The molecule has 2 aliphatic rings. The maximum atomic E-state index is 13.4. The first kappa shape index (κ1) is 24.2. The topological polar surface area (TPSA) is 9.23 Å². The summed E-state index contributed by atoms with van der Waals surface area (Å²) in [6.45, 7) is 2.25. The summed E-state index contributed by atoms with van der Waals surface area (Å²) in [5.41, 5.74) is 0.966. The monoisotopic (exact) mass is 450 g/mol. The van der Waals surface area contributed by atoms with Crippen LogP contribution in [-0.4, -0.2) is 18.5 Å². The Labute approximate surface area is 180 Å². The molecule has 0 spiro atoms. The van der Waals surface area contributed by atoms with Crippen molar-refractivity contribution in [1.82, 2.24) is 0 Å². The first-order valence-corrected chi connectivity index (χ1v) is 11.5. The lowest BCUT2D eigenvalue weighted by Crippen LogP contribution is -2.45. The Bertz CT molecular complexity index is 670. The van der Waals surface area contributed by atoms with Crippen molar-refractivity contribution in [3.05, 3.63) is 29.8 Å². The van der Waals surface area contributed by atoms with E-state index in [9.17, 15) is 26.3 Å². The van der Waals surface area contributed by atoms with Gasteiger partial charge in [0.2, 0.25) is 0 Å². The molecule has 0 N–H and O–H groups in total. The van der Waals surface area contributed by atoms with Crippen LogP contribution < -0.4 is 4.74 Å². The van der Waals surface area contributed by atoms with E-state index in [1.165, 1.54) is 50.7 Å². The molecule has 0 radical (unpaired) electrons. The third-order valence-corrected chi connectivity index (χ3v) is 7.21. The second-order valence-corrected chi connectivity index (χ2v) is 9.32. The van der Waals surface area contributed by atoms with Gasteiger partial charge in [0.25, 0.3) is 6.17 Å². The minimum atomic E-state index is -5.68. The van der Waals surface area contributed by atoms with E-state index in [4.69, 9.17) is 0 Å². The van der Waals surface area contributed by atoms with Gasteiger partial charge in [-0.3, -0.25) is 0 Å². The summed E-state index contributed by atoms with van der Waals surface area (Å²) in [5.74, 6) is 2.30. The molecule has 0 aromatic heterocycles. The van der Waals surface area contributed by atoms with Crippen molar-refractivity contribution in [2.45, 2.75) is 95.5 Å². The van der Waals surface area contributed by atoms with E-state index < -0.39 is 24.2 Å². The van der Waals surface area contributed by atoms with Gasteiger partial charge in [0.1, 0.15) is 5.75 Å². The van der Waals surface area contributed by atoms with E-state index in [0.717, 1.165) is 49.0 Å². The summed E-state index contributed by atoms with van der Waals surface area (Å²) < 4.78 is 80.6. The van der Waals surface area contributed by atoms with Gasteiger partial charge in [0.05, 0.1) is 0 Å². The molecule has 0 heterocycles.